The molecule has 0 fully saturated rings. The average molecular weight is 385 g/mol. The first-order valence-corrected chi connectivity index (χ1v) is 8.80. The summed E-state index contributed by atoms with van der Waals surface area (Å²) in [7, 11) is 0. The first-order chi connectivity index (χ1) is 12.5. The number of nitrogens with one attached hydrogen (secondary N) is 1. The predicted octanol–water partition coefficient (Wildman–Crippen LogP) is 5.65. The van der Waals surface area contributed by atoms with E-state index in [1.807, 2.05) is 6.07 Å². The van der Waals surface area contributed by atoms with Gasteiger partial charge in [-0.2, -0.15) is 0 Å². The van der Waals surface area contributed by atoms with Crippen LogP contribution in [-0.4, -0.2) is 10.8 Å². The van der Waals surface area contributed by atoms with Gasteiger partial charge in [0.25, 0.3) is 11.6 Å². The van der Waals surface area contributed by atoms with Crippen molar-refractivity contribution in [1.82, 2.24) is 0 Å². The van der Waals surface area contributed by atoms with Crippen LogP contribution in [0.2, 0.25) is 5.02 Å². The number of benzene rings is 3. The Morgan fingerprint density at radius 3 is 2.35 bits per heavy atom. The molecule has 0 spiro atoms. The number of carbonyl (C=O) groups excluding carboxylic acids is 1. The Kier molecular flexibility index (Phi) is 5.55. The molecule has 0 aliphatic heterocycles. The second-order valence-electron chi connectivity index (χ2n) is 5.32. The van der Waals surface area contributed by atoms with Crippen LogP contribution in [0.25, 0.3) is 0 Å². The third-order valence-corrected chi connectivity index (χ3v) is 4.82. The van der Waals surface area contributed by atoms with E-state index in [0.29, 0.717) is 15.6 Å². The minimum Gasteiger partial charge on any atom is -0.322 e. The van der Waals surface area contributed by atoms with E-state index in [-0.39, 0.29) is 11.3 Å². The molecule has 0 aromatic heterocycles. The van der Waals surface area contributed by atoms with Gasteiger partial charge in [0.1, 0.15) is 0 Å². The Morgan fingerprint density at radius 2 is 1.69 bits per heavy atom. The molecule has 0 heterocycles. The number of carbonyl (C=O) groups is 1. The number of halogens is 1. The highest BCUT2D eigenvalue weighted by Crippen LogP contribution is 2.35. The summed E-state index contributed by atoms with van der Waals surface area (Å²) in [5.74, 6) is -0.401. The first-order valence-electron chi connectivity index (χ1n) is 7.61. The molecule has 0 aliphatic carbocycles. The monoisotopic (exact) mass is 384 g/mol. The summed E-state index contributed by atoms with van der Waals surface area (Å²) < 4.78 is 0. The number of nitrogens with zero attached hydrogens (tertiary/aromatic N) is 1. The van der Waals surface area contributed by atoms with Crippen LogP contribution in [0.4, 0.5) is 11.4 Å². The summed E-state index contributed by atoms with van der Waals surface area (Å²) in [6.07, 6.45) is 0. The number of anilines is 1. The smallest absolute Gasteiger partial charge is 0.284 e. The average Bonchev–Trinajstić information content (AvgIpc) is 2.64. The number of rotatable bonds is 5. The summed E-state index contributed by atoms with van der Waals surface area (Å²) in [5.41, 5.74) is 0.728. The van der Waals surface area contributed by atoms with Crippen LogP contribution in [0.1, 0.15) is 10.4 Å². The molecule has 3 aromatic carbocycles. The second-order valence-corrected chi connectivity index (χ2v) is 6.87. The van der Waals surface area contributed by atoms with Crippen LogP contribution in [-0.2, 0) is 0 Å². The van der Waals surface area contributed by atoms with Gasteiger partial charge in [-0.15, -0.1) is 0 Å². The van der Waals surface area contributed by atoms with Gasteiger partial charge in [0.05, 0.1) is 9.82 Å². The minimum absolute atomic E-state index is 0.120. The lowest BCUT2D eigenvalue weighted by atomic mass is 10.2. The zero-order chi connectivity index (χ0) is 18.5. The molecule has 1 N–H and O–H groups in total. The molecule has 0 aliphatic rings. The Labute approximate surface area is 159 Å². The van der Waals surface area contributed by atoms with Gasteiger partial charge in [-0.05, 0) is 48.5 Å². The molecule has 3 rings (SSSR count). The van der Waals surface area contributed by atoms with E-state index in [9.17, 15) is 14.9 Å². The lowest BCUT2D eigenvalue weighted by Crippen LogP contribution is -2.12. The van der Waals surface area contributed by atoms with Crippen LogP contribution in [0.3, 0.4) is 0 Å². The van der Waals surface area contributed by atoms with Crippen molar-refractivity contribution in [3.8, 4) is 0 Å². The number of nitro groups is 1. The molecule has 0 bridgehead atoms. The fourth-order valence-corrected chi connectivity index (χ4v) is 3.27. The van der Waals surface area contributed by atoms with Crippen LogP contribution in [0.5, 0.6) is 0 Å². The largest absolute Gasteiger partial charge is 0.322 e. The van der Waals surface area contributed by atoms with Gasteiger partial charge >= 0.3 is 0 Å². The zero-order valence-electron chi connectivity index (χ0n) is 13.4. The van der Waals surface area contributed by atoms with Crippen LogP contribution >= 0.6 is 23.4 Å². The molecule has 0 saturated carbocycles. The molecular weight excluding hydrogens is 372 g/mol. The molecule has 0 radical (unpaired) electrons. The number of amides is 1. The van der Waals surface area contributed by atoms with E-state index < -0.39 is 10.8 Å². The van der Waals surface area contributed by atoms with Crippen molar-refractivity contribution in [2.75, 3.05) is 5.32 Å². The summed E-state index contributed by atoms with van der Waals surface area (Å²) >= 11 is 7.10. The molecule has 0 unspecified atom stereocenters. The van der Waals surface area contributed by atoms with Gasteiger partial charge in [0, 0.05) is 27.2 Å². The van der Waals surface area contributed by atoms with Crippen LogP contribution in [0.15, 0.2) is 82.6 Å². The van der Waals surface area contributed by atoms with Gasteiger partial charge in [-0.25, -0.2) is 0 Å². The molecule has 7 heteroatoms. The summed E-state index contributed by atoms with van der Waals surface area (Å²) in [5, 5.41) is 14.7. The van der Waals surface area contributed by atoms with Crippen molar-refractivity contribution in [2.24, 2.45) is 0 Å². The van der Waals surface area contributed by atoms with Gasteiger partial charge in [0.2, 0.25) is 0 Å². The van der Waals surface area contributed by atoms with E-state index in [4.69, 9.17) is 11.6 Å². The fourth-order valence-electron chi connectivity index (χ4n) is 2.24. The highest BCUT2D eigenvalue weighted by Gasteiger charge is 2.18. The van der Waals surface area contributed by atoms with E-state index >= 15 is 0 Å². The van der Waals surface area contributed by atoms with Crippen molar-refractivity contribution in [2.45, 2.75) is 9.79 Å². The van der Waals surface area contributed by atoms with E-state index in [1.165, 1.54) is 17.8 Å². The molecule has 26 heavy (non-hydrogen) atoms. The first kappa shape index (κ1) is 18.0. The Bertz CT molecular complexity index is 947. The maximum absolute atomic E-state index is 12.3. The van der Waals surface area contributed by atoms with E-state index in [1.54, 1.807) is 60.7 Å². The van der Waals surface area contributed by atoms with Gasteiger partial charge in [-0.3, -0.25) is 14.9 Å². The summed E-state index contributed by atoms with van der Waals surface area (Å²) in [6.45, 7) is 0. The van der Waals surface area contributed by atoms with Gasteiger partial charge < -0.3 is 5.32 Å². The van der Waals surface area contributed by atoms with Crippen molar-refractivity contribution in [3.05, 3.63) is 93.5 Å². The molecule has 0 atom stereocenters. The van der Waals surface area contributed by atoms with Crippen molar-refractivity contribution >= 4 is 40.6 Å². The topological polar surface area (TPSA) is 72.2 Å². The standard InChI is InChI=1S/C19H13ClN2O3S/c20-14-7-9-16(10-8-14)26-18-11-6-13(12-17(18)22(24)25)19(23)21-15-4-2-1-3-5-15/h1-12H,(H,21,23). The molecule has 130 valence electrons. The molecule has 0 saturated heterocycles. The number of nitro benzene ring substituents is 1. The number of para-hydroxylation sites is 1. The zero-order valence-corrected chi connectivity index (χ0v) is 15.0. The summed E-state index contributed by atoms with van der Waals surface area (Å²) in [4.78, 5) is 24.6. The lowest BCUT2D eigenvalue weighted by molar-refractivity contribution is -0.387. The third kappa shape index (κ3) is 4.41. The number of hydrogen-bond donors (Lipinski definition) is 1. The minimum atomic E-state index is -0.489. The van der Waals surface area contributed by atoms with Crippen LogP contribution in [0, 0.1) is 10.1 Å². The van der Waals surface area contributed by atoms with Crippen molar-refractivity contribution in [3.63, 3.8) is 0 Å². The SMILES string of the molecule is O=C(Nc1ccccc1)c1ccc(Sc2ccc(Cl)cc2)c([N+](=O)[O-])c1. The van der Waals surface area contributed by atoms with Crippen LogP contribution < -0.4 is 5.32 Å². The Balaban J connectivity index is 1.85. The van der Waals surface area contributed by atoms with Gasteiger partial charge in [0.15, 0.2) is 0 Å². The molecule has 3 aromatic rings. The molecule has 5 nitrogen and oxygen atoms in total. The van der Waals surface area contributed by atoms with Crippen molar-refractivity contribution in [1.29, 1.82) is 0 Å². The predicted molar refractivity (Wildman–Crippen MR) is 103 cm³/mol. The molecular formula is C19H13ClN2O3S. The third-order valence-electron chi connectivity index (χ3n) is 3.49. The maximum Gasteiger partial charge on any atom is 0.284 e. The van der Waals surface area contributed by atoms with Crippen molar-refractivity contribution < 1.29 is 9.72 Å². The fraction of sp³-hybridized carbons (Fsp3) is 0. The number of hydrogen-bond acceptors (Lipinski definition) is 4. The normalized spacial score (nSPS) is 10.3. The second kappa shape index (κ2) is 8.03. The highest BCUT2D eigenvalue weighted by atomic mass is 35.5. The maximum atomic E-state index is 12.3. The van der Waals surface area contributed by atoms with E-state index in [0.717, 1.165) is 4.90 Å². The Hall–Kier alpha value is -2.83. The summed E-state index contributed by atoms with van der Waals surface area (Å²) in [6, 6.07) is 20.4. The lowest BCUT2D eigenvalue weighted by Gasteiger charge is -2.07. The Morgan fingerprint density at radius 1 is 1.00 bits per heavy atom. The molecule has 1 amide bonds. The highest BCUT2D eigenvalue weighted by molar-refractivity contribution is 7.99. The van der Waals surface area contributed by atoms with E-state index in [2.05, 4.69) is 5.32 Å². The van der Waals surface area contributed by atoms with Gasteiger partial charge in [-0.1, -0.05) is 41.6 Å². The quantitative estimate of drug-likeness (QED) is 0.455.